The molecule has 1 aliphatic rings. The van der Waals surface area contributed by atoms with Crippen molar-refractivity contribution in [1.82, 2.24) is 0 Å². The zero-order chi connectivity index (χ0) is 11.0. The van der Waals surface area contributed by atoms with Crippen LogP contribution in [0.2, 0.25) is 0 Å². The van der Waals surface area contributed by atoms with Gasteiger partial charge in [0.25, 0.3) is 0 Å². The van der Waals surface area contributed by atoms with Crippen molar-refractivity contribution in [3.05, 3.63) is 77.4 Å². The van der Waals surface area contributed by atoms with E-state index in [-0.39, 0.29) is 28.0 Å². The molecule has 91 valence electrons. The molecule has 0 N–H and O–H groups in total. The van der Waals surface area contributed by atoms with Gasteiger partial charge in [0.1, 0.15) is 0 Å². The summed E-state index contributed by atoms with van der Waals surface area (Å²) in [4.78, 5) is 0. The summed E-state index contributed by atoms with van der Waals surface area (Å²) < 4.78 is 0.178. The van der Waals surface area contributed by atoms with Gasteiger partial charge in [-0.1, -0.05) is 0 Å². The van der Waals surface area contributed by atoms with E-state index in [1.807, 2.05) is 0 Å². The van der Waals surface area contributed by atoms with Crippen LogP contribution in [0.3, 0.4) is 0 Å². The first kappa shape index (κ1) is 15.7. The van der Waals surface area contributed by atoms with Crippen molar-refractivity contribution >= 4 is 30.9 Å². The van der Waals surface area contributed by atoms with Gasteiger partial charge in [-0.2, -0.15) is 0 Å². The van der Waals surface area contributed by atoms with Crippen molar-refractivity contribution in [1.29, 1.82) is 0 Å². The van der Waals surface area contributed by atoms with Crippen LogP contribution in [0, 0.1) is 0 Å². The fourth-order valence-corrected chi connectivity index (χ4v) is 3.97. The van der Waals surface area contributed by atoms with E-state index in [0.717, 1.165) is 24.4 Å². The first-order valence-electron chi connectivity index (χ1n) is 5.40. The third kappa shape index (κ3) is 2.49. The molecule has 0 bridgehead atoms. The Morgan fingerprint density at radius 1 is 0.778 bits per heavy atom. The van der Waals surface area contributed by atoms with Gasteiger partial charge in [-0.3, -0.25) is 0 Å². The van der Waals surface area contributed by atoms with Gasteiger partial charge in [0.2, 0.25) is 0 Å². The summed E-state index contributed by atoms with van der Waals surface area (Å²) in [6.07, 6.45) is 4.62. The van der Waals surface area contributed by atoms with Crippen LogP contribution in [0.4, 0.5) is 0 Å². The molecule has 0 nitrogen and oxygen atoms in total. The summed E-state index contributed by atoms with van der Waals surface area (Å²) in [5.41, 5.74) is 4.26. The molecule has 18 heavy (non-hydrogen) atoms. The Hall–Kier alpha value is -0.370. The zero-order valence-corrected chi connectivity index (χ0v) is 14.9. The van der Waals surface area contributed by atoms with Crippen molar-refractivity contribution < 1.29 is 24.4 Å². The van der Waals surface area contributed by atoms with E-state index in [1.54, 1.807) is 0 Å². The van der Waals surface area contributed by atoms with E-state index in [2.05, 4.69) is 66.7 Å². The number of hydrogen-bond donors (Lipinski definition) is 0. The molecule has 3 heteroatoms. The molecule has 1 unspecified atom stereocenters. The van der Waals surface area contributed by atoms with Crippen molar-refractivity contribution in [3.63, 3.8) is 0 Å². The second kappa shape index (κ2) is 6.18. The summed E-state index contributed by atoms with van der Waals surface area (Å²) >= 11 is 1.11. The van der Waals surface area contributed by atoms with Crippen LogP contribution < -0.4 is 0 Å². The van der Waals surface area contributed by atoms with E-state index in [4.69, 9.17) is 0 Å². The normalized spacial score (nSPS) is 19.5. The summed E-state index contributed by atoms with van der Waals surface area (Å²) in [6, 6.07) is 19.5. The molecule has 1 atom stereocenters. The van der Waals surface area contributed by atoms with Gasteiger partial charge in [0.05, 0.1) is 0 Å². The van der Waals surface area contributed by atoms with Crippen LogP contribution in [0.5, 0.6) is 0 Å². The average Bonchev–Trinajstić information content (AvgIpc) is 2.71. The number of halogens is 2. The van der Waals surface area contributed by atoms with Gasteiger partial charge < -0.3 is 0 Å². The fraction of sp³-hybridized carbons (Fsp3) is 0.0667. The molecule has 2 aromatic rings. The Balaban J connectivity index is 0.000000810. The summed E-state index contributed by atoms with van der Waals surface area (Å²) in [7, 11) is 0. The van der Waals surface area contributed by atoms with Crippen LogP contribution in [0.15, 0.2) is 60.7 Å². The molecule has 0 fully saturated rings. The molecule has 0 aromatic heterocycles. The van der Waals surface area contributed by atoms with Crippen molar-refractivity contribution in [2.24, 2.45) is 0 Å². The molecular weight excluding hydrogens is 430 g/mol. The minimum atomic E-state index is 0. The Labute approximate surface area is 135 Å². The number of fused-ring (bicyclic) bond motifs is 1. The molecule has 0 radical (unpaired) electrons. The third-order valence-corrected chi connectivity index (χ3v) is 5.73. The number of allylic oxidation sites excluding steroid dienone is 1. The monoisotopic (exact) mass is 443 g/mol. The molecule has 0 amide bonds. The summed E-state index contributed by atoms with van der Waals surface area (Å²) in [6.45, 7) is 0. The standard InChI is InChI=1S/C15H11.2ClH.Hf/c1-2-6-12(7-3-1)15-11-10-13-8-4-5-9-14(13)15;;;/h1-11H;2*1H;. The Morgan fingerprint density at radius 3 is 2.11 bits per heavy atom. The van der Waals surface area contributed by atoms with Crippen LogP contribution in [-0.2, 0) is 27.5 Å². The molecule has 1 aliphatic carbocycles. The number of rotatable bonds is 1. The van der Waals surface area contributed by atoms with Crippen molar-refractivity contribution in [2.75, 3.05) is 0 Å². The molecule has 3 rings (SSSR count). The van der Waals surface area contributed by atoms with E-state index < -0.39 is 0 Å². The van der Waals surface area contributed by atoms with E-state index in [0.29, 0.717) is 0 Å². The van der Waals surface area contributed by atoms with E-state index in [1.165, 1.54) is 16.7 Å². The van der Waals surface area contributed by atoms with Crippen LogP contribution in [0.1, 0.15) is 16.7 Å². The predicted octanol–water partition coefficient (Wildman–Crippen LogP) is 4.35. The third-order valence-electron chi connectivity index (χ3n) is 3.13. The fourth-order valence-electron chi connectivity index (χ4n) is 2.26. The van der Waals surface area contributed by atoms with Gasteiger partial charge in [-0.25, -0.2) is 0 Å². The van der Waals surface area contributed by atoms with Crippen molar-refractivity contribution in [2.45, 2.75) is 3.17 Å². The van der Waals surface area contributed by atoms with Crippen molar-refractivity contribution in [3.8, 4) is 0 Å². The second-order valence-corrected chi connectivity index (χ2v) is 6.93. The first-order valence-corrected chi connectivity index (χ1v) is 7.20. The molecule has 0 saturated carbocycles. The quantitative estimate of drug-likeness (QED) is 0.576. The Morgan fingerprint density at radius 2 is 1.39 bits per heavy atom. The maximum atomic E-state index is 2.36. The molecule has 2 aromatic carbocycles. The molecule has 0 spiro atoms. The molecular formula is C15H13Cl2Hf. The molecule has 0 saturated heterocycles. The van der Waals surface area contributed by atoms with Crippen LogP contribution in [0.25, 0.3) is 6.08 Å². The minimum absolute atomic E-state index is 0. The zero-order valence-electron chi connectivity index (χ0n) is 9.67. The van der Waals surface area contributed by atoms with Gasteiger partial charge in [0.15, 0.2) is 0 Å². The second-order valence-electron chi connectivity index (χ2n) is 4.09. The number of benzene rings is 2. The predicted molar refractivity (Wildman–Crippen MR) is 77.2 cm³/mol. The van der Waals surface area contributed by atoms with Crippen LogP contribution in [-0.4, -0.2) is 0 Å². The Bertz CT molecular complexity index is 551. The summed E-state index contributed by atoms with van der Waals surface area (Å²) in [5.74, 6) is 0. The van der Waals surface area contributed by atoms with E-state index >= 15 is 0 Å². The topological polar surface area (TPSA) is 0 Å². The average molecular weight is 443 g/mol. The number of hydrogen-bond acceptors (Lipinski definition) is 0. The molecule has 0 heterocycles. The van der Waals surface area contributed by atoms with Gasteiger partial charge in [-0.05, 0) is 0 Å². The maximum absolute atomic E-state index is 2.36. The van der Waals surface area contributed by atoms with Gasteiger partial charge in [0, 0.05) is 0 Å². The Kier molecular flexibility index (Phi) is 5.39. The van der Waals surface area contributed by atoms with Gasteiger partial charge in [-0.15, -0.1) is 24.8 Å². The first-order chi connectivity index (χ1) is 7.81. The van der Waals surface area contributed by atoms with E-state index in [9.17, 15) is 0 Å². The molecule has 0 aliphatic heterocycles. The summed E-state index contributed by atoms with van der Waals surface area (Å²) in [5, 5.41) is 0. The SMILES string of the molecule is Cl.Cl.[Hf][C]1(c2ccccc2)C=Cc2ccccc21. The van der Waals surface area contributed by atoms with Crippen LogP contribution >= 0.6 is 24.8 Å². The van der Waals surface area contributed by atoms with Gasteiger partial charge >= 0.3 is 111 Å².